The fourth-order valence-corrected chi connectivity index (χ4v) is 1.85. The van der Waals surface area contributed by atoms with Crippen LogP contribution in [-0.2, 0) is 9.53 Å². The van der Waals surface area contributed by atoms with E-state index in [0.717, 1.165) is 0 Å². The molecule has 7 nitrogen and oxygen atoms in total. The van der Waals surface area contributed by atoms with Crippen molar-refractivity contribution in [1.82, 2.24) is 10.1 Å². The molecule has 0 radical (unpaired) electrons. The average Bonchev–Trinajstić information content (AvgIpc) is 2.74. The van der Waals surface area contributed by atoms with Crippen molar-refractivity contribution < 1.29 is 19.2 Å². The number of morpholine rings is 1. The minimum absolute atomic E-state index is 0.0272. The van der Waals surface area contributed by atoms with Crippen molar-refractivity contribution in [2.45, 2.75) is 13.0 Å². The lowest BCUT2D eigenvalue weighted by Crippen LogP contribution is -2.46. The molecule has 0 aliphatic carbocycles. The quantitative estimate of drug-likeness (QED) is 0.762. The molecule has 0 saturated carbocycles. The van der Waals surface area contributed by atoms with Crippen molar-refractivity contribution in [1.29, 1.82) is 0 Å². The maximum Gasteiger partial charge on any atom is 0.239 e. The topological polar surface area (TPSA) is 87.8 Å². The Morgan fingerprint density at radius 1 is 1.72 bits per heavy atom. The molecule has 1 aromatic heterocycles. The second-order valence-corrected chi connectivity index (χ2v) is 4.28. The number of nitrogens with one attached hydrogen (secondary N) is 1. The van der Waals surface area contributed by atoms with Crippen LogP contribution in [0.4, 0.5) is 5.82 Å². The first-order valence-corrected chi connectivity index (χ1v) is 5.85. The van der Waals surface area contributed by atoms with Crippen molar-refractivity contribution >= 4 is 11.7 Å². The summed E-state index contributed by atoms with van der Waals surface area (Å²) >= 11 is 0. The van der Waals surface area contributed by atoms with Crippen molar-refractivity contribution in [3.63, 3.8) is 0 Å². The normalized spacial score (nSPS) is 20.9. The Morgan fingerprint density at radius 3 is 3.22 bits per heavy atom. The maximum absolute atomic E-state index is 11.7. The van der Waals surface area contributed by atoms with Gasteiger partial charge in [0.25, 0.3) is 0 Å². The van der Waals surface area contributed by atoms with Crippen molar-refractivity contribution in [3.05, 3.63) is 11.8 Å². The minimum Gasteiger partial charge on any atom is -0.394 e. The van der Waals surface area contributed by atoms with Gasteiger partial charge in [-0.2, -0.15) is 0 Å². The molecule has 100 valence electrons. The Morgan fingerprint density at radius 2 is 2.56 bits per heavy atom. The van der Waals surface area contributed by atoms with Crippen molar-refractivity contribution in [3.8, 4) is 0 Å². The highest BCUT2D eigenvalue weighted by molar-refractivity contribution is 5.91. The van der Waals surface area contributed by atoms with Crippen LogP contribution in [0.15, 0.2) is 10.6 Å². The van der Waals surface area contributed by atoms with Gasteiger partial charge in [0, 0.05) is 19.2 Å². The predicted octanol–water partition coefficient (Wildman–Crippen LogP) is -0.385. The number of carbonyl (C=O) groups excluding carboxylic acids is 1. The molecular weight excluding hydrogens is 238 g/mol. The van der Waals surface area contributed by atoms with E-state index >= 15 is 0 Å². The standard InChI is InChI=1S/C11H17N3O4/c1-8-4-10(13-18-8)12-11(16)6-14-2-3-17-9(5-14)7-15/h4,9,15H,2-3,5-7H2,1H3,(H,12,13,16). The molecule has 1 aliphatic heterocycles. The van der Waals surface area contributed by atoms with Crippen LogP contribution in [0.2, 0.25) is 0 Å². The Hall–Kier alpha value is -1.44. The van der Waals surface area contributed by atoms with Crippen LogP contribution in [0.25, 0.3) is 0 Å². The summed E-state index contributed by atoms with van der Waals surface area (Å²) in [6, 6.07) is 1.66. The summed E-state index contributed by atoms with van der Waals surface area (Å²) in [5, 5.41) is 15.4. The van der Waals surface area contributed by atoms with Gasteiger partial charge in [-0.1, -0.05) is 5.16 Å². The molecule has 18 heavy (non-hydrogen) atoms. The number of rotatable bonds is 4. The van der Waals surface area contributed by atoms with E-state index in [2.05, 4.69) is 10.5 Å². The number of aromatic nitrogens is 1. The number of aryl methyl sites for hydroxylation is 1. The third kappa shape index (κ3) is 3.52. The summed E-state index contributed by atoms with van der Waals surface area (Å²) in [6.07, 6.45) is -0.208. The Balaban J connectivity index is 1.80. The van der Waals surface area contributed by atoms with E-state index in [1.54, 1.807) is 13.0 Å². The van der Waals surface area contributed by atoms with E-state index in [9.17, 15) is 4.79 Å². The fraction of sp³-hybridized carbons (Fsp3) is 0.636. The molecular formula is C11H17N3O4. The van der Waals surface area contributed by atoms with E-state index in [0.29, 0.717) is 31.3 Å². The van der Waals surface area contributed by atoms with Gasteiger partial charge < -0.3 is 19.7 Å². The van der Waals surface area contributed by atoms with Crippen LogP contribution in [0.3, 0.4) is 0 Å². The van der Waals surface area contributed by atoms with Gasteiger partial charge in [0.15, 0.2) is 5.82 Å². The molecule has 2 rings (SSSR count). The fourth-order valence-electron chi connectivity index (χ4n) is 1.85. The minimum atomic E-state index is -0.208. The van der Waals surface area contributed by atoms with Gasteiger partial charge >= 0.3 is 0 Å². The van der Waals surface area contributed by atoms with E-state index in [-0.39, 0.29) is 25.2 Å². The molecule has 1 aliphatic rings. The third-order valence-electron chi connectivity index (χ3n) is 2.69. The molecule has 2 N–H and O–H groups in total. The molecule has 0 spiro atoms. The van der Waals surface area contributed by atoms with Gasteiger partial charge in [0.05, 0.1) is 25.9 Å². The van der Waals surface area contributed by atoms with Crippen molar-refractivity contribution in [2.24, 2.45) is 0 Å². The molecule has 1 saturated heterocycles. The number of aliphatic hydroxyl groups is 1. The van der Waals surface area contributed by atoms with Gasteiger partial charge in [-0.05, 0) is 6.92 Å². The average molecular weight is 255 g/mol. The molecule has 0 aromatic carbocycles. The smallest absolute Gasteiger partial charge is 0.239 e. The van der Waals surface area contributed by atoms with Crippen molar-refractivity contribution in [2.75, 3.05) is 38.2 Å². The van der Waals surface area contributed by atoms with E-state index in [4.69, 9.17) is 14.4 Å². The van der Waals surface area contributed by atoms with Crippen LogP contribution >= 0.6 is 0 Å². The second-order valence-electron chi connectivity index (χ2n) is 4.28. The molecule has 1 fully saturated rings. The van der Waals surface area contributed by atoms with Gasteiger partial charge in [0.2, 0.25) is 5.91 Å². The molecule has 1 amide bonds. The summed E-state index contributed by atoms with van der Waals surface area (Å²) in [5.41, 5.74) is 0. The summed E-state index contributed by atoms with van der Waals surface area (Å²) in [4.78, 5) is 13.7. The molecule has 2 heterocycles. The molecule has 1 atom stereocenters. The third-order valence-corrected chi connectivity index (χ3v) is 2.69. The van der Waals surface area contributed by atoms with Gasteiger partial charge in [-0.25, -0.2) is 0 Å². The number of anilines is 1. The van der Waals surface area contributed by atoms with E-state index < -0.39 is 0 Å². The number of aliphatic hydroxyl groups excluding tert-OH is 1. The lowest BCUT2D eigenvalue weighted by molar-refractivity contribution is -0.120. The zero-order valence-corrected chi connectivity index (χ0v) is 10.3. The first-order valence-electron chi connectivity index (χ1n) is 5.85. The monoisotopic (exact) mass is 255 g/mol. The first-order chi connectivity index (χ1) is 8.67. The number of carbonyl (C=O) groups is 1. The lowest BCUT2D eigenvalue weighted by atomic mass is 10.3. The highest BCUT2D eigenvalue weighted by Crippen LogP contribution is 2.08. The van der Waals surface area contributed by atoms with Gasteiger partial charge in [-0.15, -0.1) is 0 Å². The number of ether oxygens (including phenoxy) is 1. The first kappa shape index (κ1) is 13.0. The maximum atomic E-state index is 11.7. The molecule has 0 bridgehead atoms. The highest BCUT2D eigenvalue weighted by atomic mass is 16.5. The van der Waals surface area contributed by atoms with Crippen LogP contribution in [-0.4, -0.2) is 60.0 Å². The Kier molecular flexibility index (Phi) is 4.29. The number of hydrogen-bond donors (Lipinski definition) is 2. The molecule has 1 aromatic rings. The predicted molar refractivity (Wildman–Crippen MR) is 63.1 cm³/mol. The number of amides is 1. The van der Waals surface area contributed by atoms with Crippen LogP contribution < -0.4 is 5.32 Å². The second kappa shape index (κ2) is 5.94. The molecule has 1 unspecified atom stereocenters. The summed E-state index contributed by atoms with van der Waals surface area (Å²) in [5.74, 6) is 0.920. The van der Waals surface area contributed by atoms with Gasteiger partial charge in [0.1, 0.15) is 5.76 Å². The zero-order chi connectivity index (χ0) is 13.0. The summed E-state index contributed by atoms with van der Waals surface area (Å²) in [7, 11) is 0. The Bertz CT molecular complexity index is 407. The lowest BCUT2D eigenvalue weighted by Gasteiger charge is -2.31. The van der Waals surface area contributed by atoms with Crippen LogP contribution in [0.5, 0.6) is 0 Å². The summed E-state index contributed by atoms with van der Waals surface area (Å²) in [6.45, 7) is 3.76. The number of nitrogens with zero attached hydrogens (tertiary/aromatic N) is 2. The van der Waals surface area contributed by atoms with Crippen LogP contribution in [0.1, 0.15) is 5.76 Å². The van der Waals surface area contributed by atoms with E-state index in [1.165, 1.54) is 0 Å². The Labute approximate surface area is 105 Å². The SMILES string of the molecule is Cc1cc(NC(=O)CN2CCOC(CO)C2)no1. The highest BCUT2D eigenvalue weighted by Gasteiger charge is 2.21. The zero-order valence-electron chi connectivity index (χ0n) is 10.3. The molecule has 7 heteroatoms. The summed E-state index contributed by atoms with van der Waals surface area (Å²) < 4.78 is 10.2. The van der Waals surface area contributed by atoms with Gasteiger partial charge in [-0.3, -0.25) is 9.69 Å². The van der Waals surface area contributed by atoms with Crippen LogP contribution in [0, 0.1) is 6.92 Å². The largest absolute Gasteiger partial charge is 0.394 e. The van der Waals surface area contributed by atoms with E-state index in [1.807, 2.05) is 4.90 Å². The number of hydrogen-bond acceptors (Lipinski definition) is 6.